The molecule has 1 N–H and O–H groups in total. The van der Waals surface area contributed by atoms with Crippen LogP contribution < -0.4 is 5.32 Å². The molecule has 0 fully saturated rings. The largest absolute Gasteiger partial charge is 0.370 e. The van der Waals surface area contributed by atoms with Crippen molar-refractivity contribution in [3.8, 4) is 0 Å². The maximum Gasteiger partial charge on any atom is 0.141 e. The molecule has 0 amide bonds. The number of hydrogen-bond acceptors (Lipinski definition) is 2. The molecule has 0 radical (unpaired) electrons. The zero-order valence-corrected chi connectivity index (χ0v) is 9.16. The second-order valence-electron chi connectivity index (χ2n) is 3.66. The molecular weight excluding hydrogens is 222 g/mol. The van der Waals surface area contributed by atoms with Gasteiger partial charge in [-0.2, -0.15) is 0 Å². The summed E-state index contributed by atoms with van der Waals surface area (Å²) in [6, 6.07) is 9.30. The van der Waals surface area contributed by atoms with E-state index in [-0.39, 0.29) is 11.6 Å². The summed E-state index contributed by atoms with van der Waals surface area (Å²) in [5.74, 6) is 0.0458. The molecule has 1 aromatic heterocycles. The first-order chi connectivity index (χ1) is 8.24. The Morgan fingerprint density at radius 3 is 2.29 bits per heavy atom. The van der Waals surface area contributed by atoms with Gasteiger partial charge < -0.3 is 5.32 Å². The van der Waals surface area contributed by atoms with Gasteiger partial charge in [0.15, 0.2) is 0 Å². The Morgan fingerprint density at radius 2 is 1.65 bits per heavy atom. The van der Waals surface area contributed by atoms with E-state index < -0.39 is 0 Å². The Kier molecular flexibility index (Phi) is 3.65. The zero-order chi connectivity index (χ0) is 12.1. The van der Waals surface area contributed by atoms with Crippen molar-refractivity contribution in [1.29, 1.82) is 0 Å². The average molecular weight is 234 g/mol. The lowest BCUT2D eigenvalue weighted by molar-refractivity contribution is 0.621. The van der Waals surface area contributed by atoms with Crippen LogP contribution in [0, 0.1) is 11.6 Å². The normalized spacial score (nSPS) is 10.2. The molecule has 0 saturated carbocycles. The van der Waals surface area contributed by atoms with Crippen molar-refractivity contribution in [1.82, 2.24) is 4.98 Å². The third kappa shape index (κ3) is 3.52. The van der Waals surface area contributed by atoms with Gasteiger partial charge in [-0.1, -0.05) is 12.1 Å². The lowest BCUT2D eigenvalue weighted by atomic mass is 10.1. The number of aromatic nitrogens is 1. The van der Waals surface area contributed by atoms with Gasteiger partial charge in [0.1, 0.15) is 17.5 Å². The molecule has 0 aliphatic heterocycles. The molecule has 4 heteroatoms. The van der Waals surface area contributed by atoms with Gasteiger partial charge in [0, 0.05) is 6.54 Å². The van der Waals surface area contributed by atoms with Crippen molar-refractivity contribution in [3.63, 3.8) is 0 Å². The van der Waals surface area contributed by atoms with E-state index in [4.69, 9.17) is 0 Å². The van der Waals surface area contributed by atoms with Crippen molar-refractivity contribution in [2.45, 2.75) is 6.42 Å². The fourth-order valence-corrected chi connectivity index (χ4v) is 1.47. The number of rotatable bonds is 4. The number of nitrogens with one attached hydrogen (secondary N) is 1. The Balaban J connectivity index is 1.83. The first-order valence-electron chi connectivity index (χ1n) is 5.34. The molecule has 1 aromatic carbocycles. The van der Waals surface area contributed by atoms with Crippen LogP contribution >= 0.6 is 0 Å². The van der Waals surface area contributed by atoms with Crippen molar-refractivity contribution < 1.29 is 8.78 Å². The number of halogens is 2. The van der Waals surface area contributed by atoms with E-state index in [9.17, 15) is 8.78 Å². The van der Waals surface area contributed by atoms with Crippen LogP contribution in [0.25, 0.3) is 0 Å². The van der Waals surface area contributed by atoms with Crippen molar-refractivity contribution in [2.24, 2.45) is 0 Å². The molecule has 1 heterocycles. The van der Waals surface area contributed by atoms with Crippen LogP contribution in [0.15, 0.2) is 42.6 Å². The SMILES string of the molecule is Fc1ccc(CCNc2ccc(F)cn2)cc1. The molecule has 0 unspecified atom stereocenters. The molecule has 0 saturated heterocycles. The Hall–Kier alpha value is -1.97. The number of benzene rings is 1. The Morgan fingerprint density at radius 1 is 0.941 bits per heavy atom. The van der Waals surface area contributed by atoms with Gasteiger partial charge >= 0.3 is 0 Å². The van der Waals surface area contributed by atoms with Gasteiger partial charge in [0.2, 0.25) is 0 Å². The monoisotopic (exact) mass is 234 g/mol. The van der Waals surface area contributed by atoms with E-state index in [0.717, 1.165) is 12.0 Å². The molecule has 0 bridgehead atoms. The van der Waals surface area contributed by atoms with Gasteiger partial charge in [0.25, 0.3) is 0 Å². The van der Waals surface area contributed by atoms with Crippen LogP contribution in [-0.2, 0) is 6.42 Å². The lowest BCUT2D eigenvalue weighted by Crippen LogP contribution is -2.06. The quantitative estimate of drug-likeness (QED) is 0.879. The minimum atomic E-state index is -0.353. The Bertz CT molecular complexity index is 420. The molecule has 17 heavy (non-hydrogen) atoms. The molecule has 0 aliphatic rings. The van der Waals surface area contributed by atoms with E-state index in [2.05, 4.69) is 10.3 Å². The van der Waals surface area contributed by atoms with Crippen LogP contribution in [0.4, 0.5) is 14.6 Å². The van der Waals surface area contributed by atoms with E-state index >= 15 is 0 Å². The molecule has 2 nitrogen and oxygen atoms in total. The summed E-state index contributed by atoms with van der Waals surface area (Å²) in [7, 11) is 0. The fourth-order valence-electron chi connectivity index (χ4n) is 1.47. The van der Waals surface area contributed by atoms with Gasteiger partial charge in [-0.05, 0) is 36.2 Å². The van der Waals surface area contributed by atoms with Gasteiger partial charge in [-0.25, -0.2) is 13.8 Å². The van der Waals surface area contributed by atoms with E-state index in [1.165, 1.54) is 24.4 Å². The summed E-state index contributed by atoms with van der Waals surface area (Å²) >= 11 is 0. The molecule has 2 rings (SSSR count). The maximum absolute atomic E-state index is 12.7. The van der Waals surface area contributed by atoms with E-state index in [1.807, 2.05) is 0 Å². The predicted octanol–water partition coefficient (Wildman–Crippen LogP) is 3.01. The average Bonchev–Trinajstić information content (AvgIpc) is 2.34. The van der Waals surface area contributed by atoms with Gasteiger partial charge in [-0.15, -0.1) is 0 Å². The topological polar surface area (TPSA) is 24.9 Å². The molecule has 88 valence electrons. The minimum absolute atomic E-state index is 0.234. The van der Waals surface area contributed by atoms with Crippen LogP contribution in [0.3, 0.4) is 0 Å². The highest BCUT2D eigenvalue weighted by Crippen LogP contribution is 2.06. The van der Waals surface area contributed by atoms with E-state index in [0.29, 0.717) is 12.4 Å². The molecule has 0 atom stereocenters. The number of anilines is 1. The highest BCUT2D eigenvalue weighted by atomic mass is 19.1. The molecule has 2 aromatic rings. The third-order valence-corrected chi connectivity index (χ3v) is 2.36. The minimum Gasteiger partial charge on any atom is -0.370 e. The Labute approximate surface area is 98.3 Å². The van der Waals surface area contributed by atoms with Crippen molar-refractivity contribution in [3.05, 3.63) is 59.8 Å². The second kappa shape index (κ2) is 5.39. The van der Waals surface area contributed by atoms with Gasteiger partial charge in [-0.3, -0.25) is 0 Å². The number of nitrogens with zero attached hydrogens (tertiary/aromatic N) is 1. The summed E-state index contributed by atoms with van der Waals surface area (Å²) in [6.45, 7) is 0.671. The van der Waals surface area contributed by atoms with Crippen LogP contribution in [0.2, 0.25) is 0 Å². The standard InChI is InChI=1S/C13H12F2N2/c14-11-3-1-10(2-4-11)7-8-16-13-6-5-12(15)9-17-13/h1-6,9H,7-8H2,(H,16,17). The third-order valence-electron chi connectivity index (χ3n) is 2.36. The smallest absolute Gasteiger partial charge is 0.141 e. The molecular formula is C13H12F2N2. The summed E-state index contributed by atoms with van der Waals surface area (Å²) in [6.07, 6.45) is 1.93. The molecule has 0 spiro atoms. The fraction of sp³-hybridized carbons (Fsp3) is 0.154. The highest BCUT2D eigenvalue weighted by molar-refractivity contribution is 5.33. The molecule has 0 aliphatic carbocycles. The van der Waals surface area contributed by atoms with Crippen LogP contribution in [0.1, 0.15) is 5.56 Å². The second-order valence-corrected chi connectivity index (χ2v) is 3.66. The number of hydrogen-bond donors (Lipinski definition) is 1. The summed E-state index contributed by atoms with van der Waals surface area (Å²) in [4.78, 5) is 3.88. The first kappa shape index (κ1) is 11.5. The summed E-state index contributed by atoms with van der Waals surface area (Å²) in [5, 5.41) is 3.06. The first-order valence-corrected chi connectivity index (χ1v) is 5.34. The maximum atomic E-state index is 12.7. The summed E-state index contributed by atoms with van der Waals surface area (Å²) in [5.41, 5.74) is 1.04. The predicted molar refractivity (Wildman–Crippen MR) is 62.8 cm³/mol. The van der Waals surface area contributed by atoms with E-state index in [1.54, 1.807) is 18.2 Å². The van der Waals surface area contributed by atoms with Crippen LogP contribution in [0.5, 0.6) is 0 Å². The highest BCUT2D eigenvalue weighted by Gasteiger charge is 1.96. The van der Waals surface area contributed by atoms with Crippen LogP contribution in [-0.4, -0.2) is 11.5 Å². The van der Waals surface area contributed by atoms with Crippen molar-refractivity contribution in [2.75, 3.05) is 11.9 Å². The number of pyridine rings is 1. The van der Waals surface area contributed by atoms with Crippen molar-refractivity contribution >= 4 is 5.82 Å². The van der Waals surface area contributed by atoms with Gasteiger partial charge in [0.05, 0.1) is 6.20 Å². The summed E-state index contributed by atoms with van der Waals surface area (Å²) < 4.78 is 25.2. The lowest BCUT2D eigenvalue weighted by Gasteiger charge is -2.05. The zero-order valence-electron chi connectivity index (χ0n) is 9.16.